The number of aromatic nitrogens is 3. The van der Waals surface area contributed by atoms with E-state index in [0.29, 0.717) is 18.4 Å². The fourth-order valence-electron chi connectivity index (χ4n) is 4.19. The fourth-order valence-corrected chi connectivity index (χ4v) is 4.19. The standard InChI is InChI=1S/C22H20F3N3O3/c23-22(24,25)19-18(14-6-2-1-3-7-14)20-26-12-16(21(31)28(20)27-19)15-9-8-13(5-4-10-29)11-17(15)30/h8-9,11-12,14,26,29-30H,1-3,6-7,10H2. The van der Waals surface area contributed by atoms with Crippen molar-refractivity contribution in [3.63, 3.8) is 0 Å². The highest BCUT2D eigenvalue weighted by Crippen LogP contribution is 2.41. The second-order valence-electron chi connectivity index (χ2n) is 7.55. The first kappa shape index (κ1) is 21.0. The van der Waals surface area contributed by atoms with Crippen LogP contribution in [0.4, 0.5) is 13.2 Å². The number of aliphatic hydroxyl groups excluding tert-OH is 1. The zero-order valence-corrected chi connectivity index (χ0v) is 16.5. The maximum absolute atomic E-state index is 13.7. The largest absolute Gasteiger partial charge is 0.507 e. The number of H-pyrrole nitrogens is 1. The van der Waals surface area contributed by atoms with Crippen LogP contribution in [-0.4, -0.2) is 31.4 Å². The summed E-state index contributed by atoms with van der Waals surface area (Å²) in [5.74, 6) is 4.50. The van der Waals surface area contributed by atoms with Crippen LogP contribution >= 0.6 is 0 Å². The molecule has 1 fully saturated rings. The average molecular weight is 431 g/mol. The number of fused-ring (bicyclic) bond motifs is 1. The average Bonchev–Trinajstić information content (AvgIpc) is 3.15. The van der Waals surface area contributed by atoms with Gasteiger partial charge in [0, 0.05) is 22.9 Å². The third kappa shape index (κ3) is 3.91. The minimum atomic E-state index is -4.69. The molecular formula is C22H20F3N3O3. The molecule has 0 spiro atoms. The van der Waals surface area contributed by atoms with E-state index in [0.717, 1.165) is 23.8 Å². The third-order valence-electron chi connectivity index (χ3n) is 5.58. The first-order valence-electron chi connectivity index (χ1n) is 9.96. The minimum absolute atomic E-state index is 0.0157. The number of hydrogen-bond donors (Lipinski definition) is 3. The van der Waals surface area contributed by atoms with Gasteiger partial charge in [0.15, 0.2) is 5.69 Å². The Kier molecular flexibility index (Phi) is 5.50. The lowest BCUT2D eigenvalue weighted by Crippen LogP contribution is -2.18. The second-order valence-corrected chi connectivity index (χ2v) is 7.55. The van der Waals surface area contributed by atoms with E-state index in [9.17, 15) is 23.1 Å². The molecule has 2 aromatic heterocycles. The highest BCUT2D eigenvalue weighted by Gasteiger charge is 2.41. The predicted octanol–water partition coefficient (Wildman–Crippen LogP) is 3.81. The van der Waals surface area contributed by atoms with Crippen molar-refractivity contribution in [2.75, 3.05) is 6.61 Å². The maximum atomic E-state index is 13.7. The normalized spacial score (nSPS) is 15.1. The third-order valence-corrected chi connectivity index (χ3v) is 5.58. The zero-order chi connectivity index (χ0) is 22.2. The topological polar surface area (TPSA) is 90.6 Å². The summed E-state index contributed by atoms with van der Waals surface area (Å²) >= 11 is 0. The summed E-state index contributed by atoms with van der Waals surface area (Å²) in [6, 6.07) is 4.31. The Morgan fingerprint density at radius 1 is 1.19 bits per heavy atom. The molecule has 0 atom stereocenters. The highest BCUT2D eigenvalue weighted by molar-refractivity contribution is 5.71. The maximum Gasteiger partial charge on any atom is 0.435 e. The number of rotatable bonds is 2. The lowest BCUT2D eigenvalue weighted by atomic mass is 9.84. The van der Waals surface area contributed by atoms with E-state index in [1.807, 2.05) is 0 Å². The second kappa shape index (κ2) is 8.12. The number of alkyl halides is 3. The van der Waals surface area contributed by atoms with Crippen molar-refractivity contribution in [2.24, 2.45) is 0 Å². The molecule has 6 nitrogen and oxygen atoms in total. The van der Waals surface area contributed by atoms with Gasteiger partial charge in [-0.15, -0.1) is 0 Å². The summed E-state index contributed by atoms with van der Waals surface area (Å²) in [6.45, 7) is -0.344. The molecule has 1 aliphatic carbocycles. The molecule has 4 rings (SSSR count). The van der Waals surface area contributed by atoms with E-state index in [1.54, 1.807) is 6.07 Å². The van der Waals surface area contributed by atoms with Crippen molar-refractivity contribution < 1.29 is 23.4 Å². The van der Waals surface area contributed by atoms with Crippen molar-refractivity contribution in [1.82, 2.24) is 14.6 Å². The number of hydrogen-bond acceptors (Lipinski definition) is 4. The minimum Gasteiger partial charge on any atom is -0.507 e. The predicted molar refractivity (Wildman–Crippen MR) is 108 cm³/mol. The molecule has 0 amide bonds. The van der Waals surface area contributed by atoms with Crippen LogP contribution in [0.2, 0.25) is 0 Å². The van der Waals surface area contributed by atoms with E-state index >= 15 is 0 Å². The molecule has 3 N–H and O–H groups in total. The molecule has 1 aromatic carbocycles. The van der Waals surface area contributed by atoms with Gasteiger partial charge in [-0.25, -0.2) is 0 Å². The van der Waals surface area contributed by atoms with Crippen molar-refractivity contribution in [3.05, 3.63) is 51.6 Å². The first-order chi connectivity index (χ1) is 14.8. The van der Waals surface area contributed by atoms with E-state index in [2.05, 4.69) is 21.9 Å². The van der Waals surface area contributed by atoms with Gasteiger partial charge in [-0.2, -0.15) is 22.8 Å². The Morgan fingerprint density at radius 2 is 1.94 bits per heavy atom. The monoisotopic (exact) mass is 431 g/mol. The molecule has 1 saturated carbocycles. The molecule has 0 aliphatic heterocycles. The summed E-state index contributed by atoms with van der Waals surface area (Å²) < 4.78 is 42.0. The molecule has 0 saturated heterocycles. The van der Waals surface area contributed by atoms with Crippen LogP contribution in [0.3, 0.4) is 0 Å². The Balaban J connectivity index is 1.88. The summed E-state index contributed by atoms with van der Waals surface area (Å²) in [5, 5.41) is 22.8. The van der Waals surface area contributed by atoms with Crippen LogP contribution in [0.15, 0.2) is 29.2 Å². The molecule has 3 aromatic rings. The van der Waals surface area contributed by atoms with E-state index in [4.69, 9.17) is 5.11 Å². The molecule has 0 radical (unpaired) electrons. The van der Waals surface area contributed by atoms with Crippen molar-refractivity contribution in [2.45, 2.75) is 44.2 Å². The molecule has 1 aliphatic rings. The van der Waals surface area contributed by atoms with Crippen molar-refractivity contribution in [1.29, 1.82) is 0 Å². The first-order valence-corrected chi connectivity index (χ1v) is 9.96. The SMILES string of the molecule is O=c1c(-c2ccc(C#CCO)cc2O)c[nH]c2c(C3CCCCC3)c(C(F)(F)F)nn12. The van der Waals surface area contributed by atoms with Gasteiger partial charge in [-0.3, -0.25) is 4.79 Å². The number of halogens is 3. The van der Waals surface area contributed by atoms with Gasteiger partial charge < -0.3 is 15.2 Å². The van der Waals surface area contributed by atoms with Gasteiger partial charge in [0.2, 0.25) is 0 Å². The summed E-state index contributed by atoms with van der Waals surface area (Å²) in [5.41, 5.74) is -1.17. The number of aromatic amines is 1. The van der Waals surface area contributed by atoms with Gasteiger partial charge in [0.05, 0.1) is 5.56 Å². The van der Waals surface area contributed by atoms with Gasteiger partial charge in [0.1, 0.15) is 18.0 Å². The van der Waals surface area contributed by atoms with Crippen molar-refractivity contribution in [3.8, 4) is 28.7 Å². The lowest BCUT2D eigenvalue weighted by molar-refractivity contribution is -0.142. The zero-order valence-electron chi connectivity index (χ0n) is 16.5. The van der Waals surface area contributed by atoms with Gasteiger partial charge in [0.25, 0.3) is 5.56 Å². The summed E-state index contributed by atoms with van der Waals surface area (Å²) in [7, 11) is 0. The fraction of sp³-hybridized carbons (Fsp3) is 0.364. The van der Waals surface area contributed by atoms with Gasteiger partial charge in [-0.1, -0.05) is 31.1 Å². The number of nitrogens with zero attached hydrogens (tertiary/aromatic N) is 2. The number of benzene rings is 1. The molecule has 2 heterocycles. The number of aliphatic hydroxyl groups is 1. The molecular weight excluding hydrogens is 411 g/mol. The van der Waals surface area contributed by atoms with Crippen LogP contribution in [-0.2, 0) is 6.18 Å². The number of phenols is 1. The Labute approximate surface area is 175 Å². The quantitative estimate of drug-likeness (QED) is 0.539. The van der Waals surface area contributed by atoms with E-state index in [1.165, 1.54) is 18.3 Å². The summed E-state index contributed by atoms with van der Waals surface area (Å²) in [6.07, 6.45) is 0.503. The molecule has 31 heavy (non-hydrogen) atoms. The van der Waals surface area contributed by atoms with Crippen LogP contribution < -0.4 is 5.56 Å². The van der Waals surface area contributed by atoms with Crippen LogP contribution in [0.1, 0.15) is 54.8 Å². The van der Waals surface area contributed by atoms with Crippen LogP contribution in [0.25, 0.3) is 16.8 Å². The highest BCUT2D eigenvalue weighted by atomic mass is 19.4. The molecule has 162 valence electrons. The van der Waals surface area contributed by atoms with E-state index < -0.39 is 17.4 Å². The van der Waals surface area contributed by atoms with Gasteiger partial charge in [-0.05, 0) is 37.0 Å². The summed E-state index contributed by atoms with van der Waals surface area (Å²) in [4.78, 5) is 15.9. The van der Waals surface area contributed by atoms with Gasteiger partial charge >= 0.3 is 6.18 Å². The molecule has 0 bridgehead atoms. The Hall–Kier alpha value is -3.25. The number of nitrogens with one attached hydrogen (secondary N) is 1. The van der Waals surface area contributed by atoms with Crippen LogP contribution in [0, 0.1) is 11.8 Å². The number of aromatic hydroxyl groups is 1. The van der Waals surface area contributed by atoms with Crippen LogP contribution in [0.5, 0.6) is 5.75 Å². The number of phenolic OH excluding ortho intramolecular Hbond substituents is 1. The molecule has 0 unspecified atom stereocenters. The Morgan fingerprint density at radius 3 is 2.58 bits per heavy atom. The lowest BCUT2D eigenvalue weighted by Gasteiger charge is -2.22. The molecule has 9 heteroatoms. The Bertz CT molecular complexity index is 1240. The smallest absolute Gasteiger partial charge is 0.435 e. The van der Waals surface area contributed by atoms with Crippen molar-refractivity contribution >= 4 is 5.65 Å². The van der Waals surface area contributed by atoms with E-state index in [-0.39, 0.29) is 40.6 Å².